The highest BCUT2D eigenvalue weighted by Crippen LogP contribution is 2.49. The van der Waals surface area contributed by atoms with Crippen LogP contribution in [-0.4, -0.2) is 33.7 Å². The van der Waals surface area contributed by atoms with E-state index in [-0.39, 0.29) is 0 Å². The van der Waals surface area contributed by atoms with Crippen LogP contribution < -0.4 is 0 Å². The van der Waals surface area contributed by atoms with Gasteiger partial charge in [-0.25, -0.2) is 0 Å². The number of rotatable bonds is 2. The summed E-state index contributed by atoms with van der Waals surface area (Å²) in [5.41, 5.74) is 7.00. The molecule has 0 bridgehead atoms. The fourth-order valence-corrected chi connectivity index (χ4v) is 8.57. The third-order valence-corrected chi connectivity index (χ3v) is 10.2. The highest BCUT2D eigenvalue weighted by molar-refractivity contribution is 6.10. The van der Waals surface area contributed by atoms with Gasteiger partial charge in [-0.3, -0.25) is 4.90 Å². The Balaban J connectivity index is 1.13. The van der Waals surface area contributed by atoms with Crippen LogP contribution >= 0.6 is 0 Å². The lowest BCUT2D eigenvalue weighted by molar-refractivity contribution is 0.126. The molecule has 0 amide bonds. The normalized spacial score (nSPS) is 33.0. The van der Waals surface area contributed by atoms with Crippen LogP contribution in [0.15, 0.2) is 114 Å². The summed E-state index contributed by atoms with van der Waals surface area (Å²) in [6, 6.07) is 19.2. The Morgan fingerprint density at radius 1 is 0.769 bits per heavy atom. The van der Waals surface area contributed by atoms with Gasteiger partial charge in [0.2, 0.25) is 0 Å². The minimum Gasteiger partial charge on any atom is -0.489 e. The second-order valence-corrected chi connectivity index (χ2v) is 12.1. The molecule has 2 aromatic carbocycles. The molecule has 4 aliphatic carbocycles. The first-order valence-electron chi connectivity index (χ1n) is 14.9. The maximum Gasteiger partial charge on any atom is 0.119 e. The van der Waals surface area contributed by atoms with Gasteiger partial charge >= 0.3 is 0 Å². The standard InChI is InChI=1S/C36H34N2O/c1-5-13-31-25(9-1)26-10-2-6-14-32(26)37(31)23-17-19-34-29(21-23)27-11-3-7-15-33(27)38(34)24-18-20-36-30(22-24)28-12-4-8-16-35(28)39-36/h1-6,9-14,17,20-22,24,27-28,33-35H,7-8,15-16,18-19H2. The zero-order chi connectivity index (χ0) is 25.5. The number of aromatic nitrogens is 1. The number of fused-ring (bicyclic) bond motifs is 9. The van der Waals surface area contributed by atoms with Crippen molar-refractivity contribution >= 4 is 27.5 Å². The second kappa shape index (κ2) is 8.47. The smallest absolute Gasteiger partial charge is 0.119 e. The molecule has 3 heterocycles. The number of para-hydroxylation sites is 2. The molecule has 3 nitrogen and oxygen atoms in total. The SMILES string of the molecule is C1=CC2C3=CC(N4C5CC=C(n6c7ccccc7c7ccccc76)C=C5C5C=CCCC54)CC=C3OC2CC1. The molecule has 3 aromatic rings. The van der Waals surface area contributed by atoms with Gasteiger partial charge in [0.15, 0.2) is 0 Å². The van der Waals surface area contributed by atoms with Crippen LogP contribution in [0, 0.1) is 11.8 Å². The Hall–Kier alpha value is -3.56. The lowest BCUT2D eigenvalue weighted by atomic mass is 9.84. The van der Waals surface area contributed by atoms with Crippen LogP contribution in [0.1, 0.15) is 38.5 Å². The van der Waals surface area contributed by atoms with E-state index in [2.05, 4.69) is 107 Å². The van der Waals surface area contributed by atoms with Gasteiger partial charge in [-0.2, -0.15) is 0 Å². The third-order valence-electron chi connectivity index (χ3n) is 10.2. The number of hydrogen-bond acceptors (Lipinski definition) is 2. The summed E-state index contributed by atoms with van der Waals surface area (Å²) in [4.78, 5) is 2.90. The summed E-state index contributed by atoms with van der Waals surface area (Å²) in [6.45, 7) is 0. The molecule has 1 aromatic heterocycles. The molecule has 2 aliphatic heterocycles. The Labute approximate surface area is 230 Å². The fourth-order valence-electron chi connectivity index (χ4n) is 8.57. The van der Waals surface area contributed by atoms with Crippen molar-refractivity contribution in [1.29, 1.82) is 0 Å². The lowest BCUT2D eigenvalue weighted by Crippen LogP contribution is -2.45. The topological polar surface area (TPSA) is 17.4 Å². The van der Waals surface area contributed by atoms with Gasteiger partial charge in [-0.1, -0.05) is 72.9 Å². The molecule has 0 saturated carbocycles. The van der Waals surface area contributed by atoms with Gasteiger partial charge in [-0.15, -0.1) is 0 Å². The number of benzene rings is 2. The molecule has 3 heteroatoms. The average molecular weight is 511 g/mol. The first kappa shape index (κ1) is 22.3. The van der Waals surface area contributed by atoms with Gasteiger partial charge < -0.3 is 9.30 Å². The van der Waals surface area contributed by atoms with E-state index in [1.807, 2.05) is 0 Å². The molecule has 6 unspecified atom stereocenters. The maximum atomic E-state index is 6.41. The van der Waals surface area contributed by atoms with Crippen LogP contribution in [-0.2, 0) is 4.74 Å². The van der Waals surface area contributed by atoms with Crippen LogP contribution in [0.3, 0.4) is 0 Å². The van der Waals surface area contributed by atoms with E-state index < -0.39 is 0 Å². The van der Waals surface area contributed by atoms with Crippen LogP contribution in [0.25, 0.3) is 27.5 Å². The zero-order valence-electron chi connectivity index (χ0n) is 22.2. The number of ether oxygens (including phenoxy) is 1. The second-order valence-electron chi connectivity index (χ2n) is 12.1. The zero-order valence-corrected chi connectivity index (χ0v) is 22.2. The summed E-state index contributed by atoms with van der Waals surface area (Å²) in [7, 11) is 0. The molecule has 2 fully saturated rings. The van der Waals surface area contributed by atoms with Gasteiger partial charge in [0, 0.05) is 52.0 Å². The van der Waals surface area contributed by atoms with Crippen LogP contribution in [0.2, 0.25) is 0 Å². The van der Waals surface area contributed by atoms with Crippen molar-refractivity contribution in [3.8, 4) is 0 Å². The molecule has 0 N–H and O–H groups in total. The predicted molar refractivity (Wildman–Crippen MR) is 159 cm³/mol. The van der Waals surface area contributed by atoms with Gasteiger partial charge in [0.05, 0.1) is 11.0 Å². The van der Waals surface area contributed by atoms with E-state index in [4.69, 9.17) is 4.74 Å². The molecule has 0 spiro atoms. The summed E-state index contributed by atoms with van der Waals surface area (Å²) in [5, 5.41) is 2.67. The van der Waals surface area contributed by atoms with Crippen LogP contribution in [0.4, 0.5) is 0 Å². The van der Waals surface area contributed by atoms with Crippen molar-refractivity contribution in [2.75, 3.05) is 0 Å². The minimum absolute atomic E-state index is 0.344. The Bertz CT molecular complexity index is 1640. The third kappa shape index (κ3) is 3.20. The molecule has 194 valence electrons. The van der Waals surface area contributed by atoms with Crippen molar-refractivity contribution in [2.45, 2.75) is 62.8 Å². The van der Waals surface area contributed by atoms with Gasteiger partial charge in [-0.05, 0) is 68.4 Å². The predicted octanol–water partition coefficient (Wildman–Crippen LogP) is 7.93. The summed E-state index contributed by atoms with van der Waals surface area (Å²) in [5.74, 6) is 2.12. The summed E-state index contributed by atoms with van der Waals surface area (Å²) in [6.07, 6.45) is 27.0. The van der Waals surface area contributed by atoms with E-state index in [0.29, 0.717) is 36.1 Å². The molecule has 6 aliphatic rings. The monoisotopic (exact) mass is 510 g/mol. The largest absolute Gasteiger partial charge is 0.489 e. The minimum atomic E-state index is 0.344. The van der Waals surface area contributed by atoms with E-state index >= 15 is 0 Å². The first-order valence-corrected chi connectivity index (χ1v) is 14.9. The first-order chi connectivity index (χ1) is 19.3. The Kier molecular flexibility index (Phi) is 4.84. The molecular weight excluding hydrogens is 476 g/mol. The van der Waals surface area contributed by atoms with Crippen molar-refractivity contribution in [1.82, 2.24) is 9.47 Å². The van der Waals surface area contributed by atoms with E-state index in [1.165, 1.54) is 51.7 Å². The average Bonchev–Trinajstić information content (AvgIpc) is 3.64. The van der Waals surface area contributed by atoms with Crippen molar-refractivity contribution in [3.05, 3.63) is 114 Å². The van der Waals surface area contributed by atoms with E-state index in [0.717, 1.165) is 25.7 Å². The lowest BCUT2D eigenvalue weighted by Gasteiger charge is -2.38. The van der Waals surface area contributed by atoms with Gasteiger partial charge in [0.25, 0.3) is 0 Å². The fraction of sp³-hybridized carbons (Fsp3) is 0.333. The molecule has 6 atom stereocenters. The molecule has 0 radical (unpaired) electrons. The molecule has 2 saturated heterocycles. The number of likely N-dealkylation sites (tertiary alicyclic amines) is 1. The quantitative estimate of drug-likeness (QED) is 0.326. The van der Waals surface area contributed by atoms with Crippen molar-refractivity contribution in [2.24, 2.45) is 11.8 Å². The number of allylic oxidation sites excluding steroid dienone is 5. The highest BCUT2D eigenvalue weighted by atomic mass is 16.5. The Morgan fingerprint density at radius 3 is 2.33 bits per heavy atom. The van der Waals surface area contributed by atoms with E-state index in [9.17, 15) is 0 Å². The van der Waals surface area contributed by atoms with Gasteiger partial charge in [0.1, 0.15) is 11.9 Å². The molecule has 9 rings (SSSR count). The Morgan fingerprint density at radius 2 is 1.51 bits per heavy atom. The summed E-state index contributed by atoms with van der Waals surface area (Å²) >= 11 is 0. The van der Waals surface area contributed by atoms with E-state index in [1.54, 1.807) is 5.57 Å². The van der Waals surface area contributed by atoms with Crippen molar-refractivity contribution in [3.63, 3.8) is 0 Å². The molecule has 39 heavy (non-hydrogen) atoms. The maximum absolute atomic E-state index is 6.41. The molecular formula is C36H34N2O. The number of nitrogens with zero attached hydrogens (tertiary/aromatic N) is 2. The summed E-state index contributed by atoms with van der Waals surface area (Å²) < 4.78 is 8.91. The highest BCUT2D eigenvalue weighted by Gasteiger charge is 2.48. The van der Waals surface area contributed by atoms with Crippen LogP contribution in [0.5, 0.6) is 0 Å². The van der Waals surface area contributed by atoms with Crippen molar-refractivity contribution < 1.29 is 4.74 Å². The number of hydrogen-bond donors (Lipinski definition) is 0.